The van der Waals surface area contributed by atoms with Crippen LogP contribution < -0.4 is 11.2 Å². The van der Waals surface area contributed by atoms with Gasteiger partial charge in [0.15, 0.2) is 0 Å². The predicted octanol–water partition coefficient (Wildman–Crippen LogP) is 0.638. The molecule has 3 N–H and O–H groups in total. The minimum atomic E-state index is -0.599. The molecule has 0 fully saturated rings. The molecule has 0 atom stereocenters. The molecule has 3 rings (SSSR count). The Morgan fingerprint density at radius 3 is 2.72 bits per heavy atom. The summed E-state index contributed by atoms with van der Waals surface area (Å²) in [5.74, 6) is -0.218. The van der Waals surface area contributed by atoms with Gasteiger partial charge in [-0.1, -0.05) is 0 Å². The monoisotopic (exact) mass is 342 g/mol. The first kappa shape index (κ1) is 16.6. The van der Waals surface area contributed by atoms with Crippen LogP contribution in [0.25, 0.3) is 10.9 Å². The number of aromatic amines is 1. The van der Waals surface area contributed by atoms with Crippen LogP contribution in [0, 0.1) is 0 Å². The molecule has 0 spiro atoms. The number of hydrogen-bond acceptors (Lipinski definition) is 5. The van der Waals surface area contributed by atoms with Gasteiger partial charge < -0.3 is 15.2 Å². The van der Waals surface area contributed by atoms with E-state index in [1.165, 1.54) is 20.3 Å². The maximum absolute atomic E-state index is 12.1. The number of rotatable bonds is 4. The Kier molecular flexibility index (Phi) is 4.18. The van der Waals surface area contributed by atoms with E-state index in [0.717, 1.165) is 25.6 Å². The van der Waals surface area contributed by atoms with E-state index < -0.39 is 17.1 Å². The molecule has 0 unspecified atom stereocenters. The van der Waals surface area contributed by atoms with Gasteiger partial charge in [-0.3, -0.25) is 18.9 Å². The van der Waals surface area contributed by atoms with Crippen LogP contribution in [0.4, 0.5) is 0 Å². The zero-order chi connectivity index (χ0) is 18.1. The van der Waals surface area contributed by atoms with Gasteiger partial charge in [-0.05, 0) is 30.2 Å². The van der Waals surface area contributed by atoms with E-state index in [1.807, 2.05) is 6.20 Å². The minimum Gasteiger partial charge on any atom is -0.508 e. The maximum atomic E-state index is 12.1. The summed E-state index contributed by atoms with van der Waals surface area (Å²) < 4.78 is 1.91. The number of fused-ring (bicyclic) bond motifs is 1. The Labute approximate surface area is 142 Å². The number of H-pyrrole nitrogens is 1. The average Bonchev–Trinajstić information content (AvgIpc) is 3.00. The SMILES string of the molecule is Cn1c(O)c(C=NCCc2c[nH]c3ccc(O)cc23)c(=O)n(C)c1=O. The lowest BCUT2D eigenvalue weighted by atomic mass is 10.1. The van der Waals surface area contributed by atoms with E-state index in [9.17, 15) is 19.8 Å². The molecule has 8 nitrogen and oxygen atoms in total. The molecule has 0 amide bonds. The van der Waals surface area contributed by atoms with Crippen LogP contribution in [0.5, 0.6) is 11.6 Å². The van der Waals surface area contributed by atoms with Crippen molar-refractivity contribution in [3.8, 4) is 11.6 Å². The second kappa shape index (κ2) is 6.31. The van der Waals surface area contributed by atoms with Gasteiger partial charge in [-0.2, -0.15) is 0 Å². The first-order valence-electron chi connectivity index (χ1n) is 7.68. The van der Waals surface area contributed by atoms with E-state index in [0.29, 0.717) is 13.0 Å². The van der Waals surface area contributed by atoms with Gasteiger partial charge in [0.1, 0.15) is 11.3 Å². The standard InChI is InChI=1S/C17H18N4O4/c1-20-15(23)13(16(24)21(2)17(20)25)9-18-6-5-10-8-19-14-4-3-11(22)7-12(10)14/h3-4,7-9,19,22-23H,5-6H2,1-2H3. The Morgan fingerprint density at radius 1 is 1.20 bits per heavy atom. The lowest BCUT2D eigenvalue weighted by molar-refractivity contribution is 0.410. The summed E-state index contributed by atoms with van der Waals surface area (Å²) in [5, 5.41) is 20.5. The largest absolute Gasteiger partial charge is 0.508 e. The summed E-state index contributed by atoms with van der Waals surface area (Å²) in [7, 11) is 2.73. The molecule has 0 bridgehead atoms. The fourth-order valence-electron chi connectivity index (χ4n) is 2.69. The van der Waals surface area contributed by atoms with Crippen LogP contribution in [-0.4, -0.2) is 37.1 Å². The third-order valence-electron chi connectivity index (χ3n) is 4.15. The highest BCUT2D eigenvalue weighted by Gasteiger charge is 2.12. The molecule has 0 saturated heterocycles. The van der Waals surface area contributed by atoms with E-state index >= 15 is 0 Å². The van der Waals surface area contributed by atoms with Gasteiger partial charge in [0.2, 0.25) is 5.88 Å². The van der Waals surface area contributed by atoms with Crippen LogP contribution in [0.3, 0.4) is 0 Å². The van der Waals surface area contributed by atoms with Crippen molar-refractivity contribution in [2.24, 2.45) is 19.1 Å². The van der Waals surface area contributed by atoms with Crippen LogP contribution >= 0.6 is 0 Å². The molecule has 0 aliphatic carbocycles. The lowest BCUT2D eigenvalue weighted by Crippen LogP contribution is -2.38. The van der Waals surface area contributed by atoms with E-state index in [1.54, 1.807) is 18.2 Å². The summed E-state index contributed by atoms with van der Waals surface area (Å²) in [6.07, 6.45) is 3.72. The Balaban J connectivity index is 1.81. The predicted molar refractivity (Wildman–Crippen MR) is 94.7 cm³/mol. The number of hydrogen-bond donors (Lipinski definition) is 3. The maximum Gasteiger partial charge on any atom is 0.333 e. The topological polar surface area (TPSA) is 113 Å². The smallest absolute Gasteiger partial charge is 0.333 e. The minimum absolute atomic E-state index is 0.0267. The molecule has 0 radical (unpaired) electrons. The van der Waals surface area contributed by atoms with E-state index in [2.05, 4.69) is 9.98 Å². The van der Waals surface area contributed by atoms with Gasteiger partial charge in [-0.25, -0.2) is 4.79 Å². The molecular weight excluding hydrogens is 324 g/mol. The van der Waals surface area contributed by atoms with Crippen molar-refractivity contribution in [3.05, 3.63) is 56.4 Å². The Bertz CT molecular complexity index is 1090. The number of aliphatic imine (C=N–C) groups is 1. The van der Waals surface area contributed by atoms with E-state index in [4.69, 9.17) is 0 Å². The summed E-state index contributed by atoms with van der Waals surface area (Å²) in [5.41, 5.74) is 0.683. The molecule has 0 saturated carbocycles. The van der Waals surface area contributed by atoms with Crippen molar-refractivity contribution in [2.45, 2.75) is 6.42 Å². The van der Waals surface area contributed by atoms with Crippen LogP contribution in [-0.2, 0) is 20.5 Å². The molecule has 8 heteroatoms. The molecule has 130 valence electrons. The van der Waals surface area contributed by atoms with Crippen LogP contribution in [0.15, 0.2) is 39.0 Å². The normalized spacial score (nSPS) is 11.6. The molecule has 1 aromatic carbocycles. The molecule has 2 heterocycles. The average molecular weight is 342 g/mol. The second-order valence-corrected chi connectivity index (χ2v) is 5.77. The number of aromatic nitrogens is 3. The second-order valence-electron chi connectivity index (χ2n) is 5.77. The molecule has 2 aromatic heterocycles. The number of benzene rings is 1. The molecule has 3 aromatic rings. The molecule has 0 aliphatic heterocycles. The highest BCUT2D eigenvalue weighted by molar-refractivity contribution is 5.85. The van der Waals surface area contributed by atoms with Crippen molar-refractivity contribution >= 4 is 17.1 Å². The van der Waals surface area contributed by atoms with Gasteiger partial charge >= 0.3 is 5.69 Å². The van der Waals surface area contributed by atoms with Crippen molar-refractivity contribution in [2.75, 3.05) is 6.54 Å². The van der Waals surface area contributed by atoms with E-state index in [-0.39, 0.29) is 11.3 Å². The summed E-state index contributed by atoms with van der Waals surface area (Å²) in [6.45, 7) is 0.383. The zero-order valence-electron chi connectivity index (χ0n) is 13.9. The van der Waals surface area contributed by atoms with Gasteiger partial charge in [0.25, 0.3) is 5.56 Å². The van der Waals surface area contributed by atoms with Crippen molar-refractivity contribution in [1.29, 1.82) is 0 Å². The highest BCUT2D eigenvalue weighted by atomic mass is 16.3. The van der Waals surface area contributed by atoms with Crippen molar-refractivity contribution in [3.63, 3.8) is 0 Å². The Hall–Kier alpha value is -3.29. The highest BCUT2D eigenvalue weighted by Crippen LogP contribution is 2.23. The van der Waals surface area contributed by atoms with Crippen molar-refractivity contribution in [1.82, 2.24) is 14.1 Å². The summed E-state index contributed by atoms with van der Waals surface area (Å²) >= 11 is 0. The van der Waals surface area contributed by atoms with Crippen molar-refractivity contribution < 1.29 is 10.2 Å². The Morgan fingerprint density at radius 2 is 1.96 bits per heavy atom. The number of phenolic OH excluding ortho intramolecular Hbond substituents is 1. The third kappa shape index (κ3) is 2.93. The molecule has 0 aliphatic rings. The number of phenols is 1. The molecule has 25 heavy (non-hydrogen) atoms. The summed E-state index contributed by atoms with van der Waals surface area (Å²) in [4.78, 5) is 31.1. The van der Waals surface area contributed by atoms with Crippen LogP contribution in [0.2, 0.25) is 0 Å². The zero-order valence-corrected chi connectivity index (χ0v) is 13.9. The van der Waals surface area contributed by atoms with Gasteiger partial charge in [0, 0.05) is 44.0 Å². The fourth-order valence-corrected chi connectivity index (χ4v) is 2.69. The number of nitrogens with one attached hydrogen (secondary N) is 1. The molecular formula is C17H18N4O4. The quantitative estimate of drug-likeness (QED) is 0.604. The summed E-state index contributed by atoms with van der Waals surface area (Å²) in [6, 6.07) is 5.09. The van der Waals surface area contributed by atoms with Crippen LogP contribution in [0.1, 0.15) is 11.1 Å². The fraction of sp³-hybridized carbons (Fsp3) is 0.235. The van der Waals surface area contributed by atoms with Gasteiger partial charge in [0.05, 0.1) is 0 Å². The lowest BCUT2D eigenvalue weighted by Gasteiger charge is -2.06. The number of nitrogens with zero attached hydrogens (tertiary/aromatic N) is 3. The first-order chi connectivity index (χ1) is 11.9. The first-order valence-corrected chi connectivity index (χ1v) is 7.68. The third-order valence-corrected chi connectivity index (χ3v) is 4.15. The number of aromatic hydroxyl groups is 2. The van der Waals surface area contributed by atoms with Gasteiger partial charge in [-0.15, -0.1) is 0 Å².